The number of nitrogens with zero attached hydrogens (tertiary/aromatic N) is 2. The Labute approximate surface area is 115 Å². The Morgan fingerprint density at radius 2 is 2.21 bits per heavy atom. The number of halogens is 1. The van der Waals surface area contributed by atoms with Crippen molar-refractivity contribution in [1.82, 2.24) is 10.1 Å². The van der Waals surface area contributed by atoms with Crippen LogP contribution in [0.2, 0.25) is 0 Å². The van der Waals surface area contributed by atoms with Gasteiger partial charge in [0.1, 0.15) is 5.82 Å². The largest absolute Gasteiger partial charge is 0.396 e. The van der Waals surface area contributed by atoms with Crippen LogP contribution in [0.4, 0.5) is 10.1 Å². The molecule has 1 aromatic heterocycles. The third-order valence-corrected chi connectivity index (χ3v) is 3.41. The number of benzene rings is 1. The summed E-state index contributed by atoms with van der Waals surface area (Å²) in [6, 6.07) is 4.73. The molecular formula is C13H16FN3OS. The highest BCUT2D eigenvalue weighted by atomic mass is 32.2. The molecule has 0 amide bonds. The Morgan fingerprint density at radius 1 is 1.42 bits per heavy atom. The van der Waals surface area contributed by atoms with E-state index in [1.54, 1.807) is 12.1 Å². The third-order valence-electron chi connectivity index (χ3n) is 2.44. The molecule has 2 aromatic rings. The van der Waals surface area contributed by atoms with Gasteiger partial charge < -0.3 is 10.3 Å². The summed E-state index contributed by atoms with van der Waals surface area (Å²) >= 11 is 1.44. The average molecular weight is 281 g/mol. The lowest BCUT2D eigenvalue weighted by Crippen LogP contribution is -1.96. The van der Waals surface area contributed by atoms with Crippen molar-refractivity contribution in [1.29, 1.82) is 0 Å². The van der Waals surface area contributed by atoms with Gasteiger partial charge in [-0.2, -0.15) is 4.98 Å². The summed E-state index contributed by atoms with van der Waals surface area (Å²) in [6.45, 7) is 4.20. The molecule has 0 spiro atoms. The first-order valence-electron chi connectivity index (χ1n) is 6.04. The molecule has 1 heterocycles. The van der Waals surface area contributed by atoms with Gasteiger partial charge in [0, 0.05) is 11.3 Å². The lowest BCUT2D eigenvalue weighted by atomic mass is 10.1. The number of nitrogens with two attached hydrogens (primary N) is 1. The molecule has 0 saturated carbocycles. The predicted octanol–water partition coefficient (Wildman–Crippen LogP) is 3.28. The summed E-state index contributed by atoms with van der Waals surface area (Å²) < 4.78 is 18.4. The minimum absolute atomic E-state index is 0.154. The molecule has 0 aliphatic heterocycles. The highest BCUT2D eigenvalue weighted by molar-refractivity contribution is 7.98. The molecule has 0 fully saturated rings. The number of nitrogen functional groups attached to an aromatic ring is 1. The van der Waals surface area contributed by atoms with Crippen LogP contribution in [0.1, 0.15) is 25.6 Å². The number of anilines is 1. The molecule has 2 N–H and O–H groups in total. The van der Waals surface area contributed by atoms with Gasteiger partial charge in [-0.1, -0.05) is 19.0 Å². The highest BCUT2D eigenvalue weighted by Gasteiger charge is 2.09. The van der Waals surface area contributed by atoms with E-state index in [2.05, 4.69) is 24.0 Å². The van der Waals surface area contributed by atoms with Gasteiger partial charge in [-0.25, -0.2) is 4.39 Å². The second-order valence-corrected chi connectivity index (χ2v) is 5.72. The summed E-state index contributed by atoms with van der Waals surface area (Å²) in [5.41, 5.74) is 5.57. The second-order valence-electron chi connectivity index (χ2n) is 4.67. The zero-order valence-electron chi connectivity index (χ0n) is 10.9. The van der Waals surface area contributed by atoms with Gasteiger partial charge in [0.2, 0.25) is 5.89 Å². The Bertz CT molecular complexity index is 557. The fraction of sp³-hybridized carbons (Fsp3) is 0.385. The minimum Gasteiger partial charge on any atom is -0.396 e. The van der Waals surface area contributed by atoms with Crippen molar-refractivity contribution in [2.75, 3.05) is 5.73 Å². The molecule has 0 aliphatic carbocycles. The van der Waals surface area contributed by atoms with Crippen LogP contribution in [0.3, 0.4) is 0 Å². The van der Waals surface area contributed by atoms with Gasteiger partial charge >= 0.3 is 0 Å². The lowest BCUT2D eigenvalue weighted by Gasteiger charge is -2.00. The quantitative estimate of drug-likeness (QED) is 0.673. The first kappa shape index (κ1) is 13.9. The lowest BCUT2D eigenvalue weighted by molar-refractivity contribution is 0.382. The molecule has 0 aliphatic rings. The maximum atomic E-state index is 13.3. The van der Waals surface area contributed by atoms with Crippen molar-refractivity contribution in [3.8, 4) is 0 Å². The predicted molar refractivity (Wildman–Crippen MR) is 73.2 cm³/mol. The van der Waals surface area contributed by atoms with E-state index in [1.807, 2.05) is 0 Å². The van der Waals surface area contributed by atoms with Gasteiger partial charge in [0.25, 0.3) is 0 Å². The fourth-order valence-electron chi connectivity index (χ4n) is 1.54. The smallest absolute Gasteiger partial charge is 0.237 e. The van der Waals surface area contributed by atoms with Crippen LogP contribution >= 0.6 is 11.8 Å². The standard InChI is InChI=1S/C13H16FN3OS/c1-8(2)5-12-16-13(18-17-12)7-19-9-3-4-11(15)10(14)6-9/h3-4,6,8H,5,7,15H2,1-2H3. The van der Waals surface area contributed by atoms with E-state index in [-0.39, 0.29) is 5.69 Å². The molecule has 1 aromatic carbocycles. The Balaban J connectivity index is 1.94. The fourth-order valence-corrected chi connectivity index (χ4v) is 2.30. The Kier molecular flexibility index (Phi) is 4.42. The number of thioether (sulfide) groups is 1. The van der Waals surface area contributed by atoms with Gasteiger partial charge in [-0.15, -0.1) is 11.8 Å². The van der Waals surface area contributed by atoms with E-state index in [0.717, 1.165) is 11.3 Å². The van der Waals surface area contributed by atoms with Crippen LogP contribution in [-0.2, 0) is 12.2 Å². The number of hydrogen-bond donors (Lipinski definition) is 1. The molecule has 102 valence electrons. The van der Waals surface area contributed by atoms with E-state index in [9.17, 15) is 4.39 Å². The first-order valence-corrected chi connectivity index (χ1v) is 7.02. The molecule has 6 heteroatoms. The number of aromatic nitrogens is 2. The van der Waals surface area contributed by atoms with Crippen molar-refractivity contribution in [3.63, 3.8) is 0 Å². The van der Waals surface area contributed by atoms with Crippen molar-refractivity contribution in [3.05, 3.63) is 35.7 Å². The van der Waals surface area contributed by atoms with Crippen LogP contribution in [0.25, 0.3) is 0 Å². The number of hydrogen-bond acceptors (Lipinski definition) is 5. The van der Waals surface area contributed by atoms with Crippen molar-refractivity contribution in [2.45, 2.75) is 30.9 Å². The summed E-state index contributed by atoms with van der Waals surface area (Å²) in [5, 5.41) is 3.91. The van der Waals surface area contributed by atoms with Gasteiger partial charge in [0.05, 0.1) is 11.4 Å². The van der Waals surface area contributed by atoms with Gasteiger partial charge in [-0.05, 0) is 24.1 Å². The van der Waals surface area contributed by atoms with Crippen LogP contribution in [0.5, 0.6) is 0 Å². The average Bonchev–Trinajstić information content (AvgIpc) is 2.77. The third kappa shape index (κ3) is 3.96. The summed E-state index contributed by atoms with van der Waals surface area (Å²) in [6.07, 6.45) is 0.796. The van der Waals surface area contributed by atoms with Gasteiger partial charge in [0.15, 0.2) is 5.82 Å². The van der Waals surface area contributed by atoms with Crippen molar-refractivity contribution >= 4 is 17.4 Å². The second kappa shape index (κ2) is 6.06. The van der Waals surface area contributed by atoms with E-state index >= 15 is 0 Å². The van der Waals surface area contributed by atoms with Crippen LogP contribution in [0.15, 0.2) is 27.6 Å². The Morgan fingerprint density at radius 3 is 2.89 bits per heavy atom. The number of rotatable bonds is 5. The van der Waals surface area contributed by atoms with E-state index in [1.165, 1.54) is 17.8 Å². The van der Waals surface area contributed by atoms with Crippen LogP contribution in [0, 0.1) is 11.7 Å². The summed E-state index contributed by atoms with van der Waals surface area (Å²) in [5.74, 6) is 1.88. The van der Waals surface area contributed by atoms with Crippen LogP contribution < -0.4 is 5.73 Å². The molecule has 0 radical (unpaired) electrons. The molecule has 0 atom stereocenters. The minimum atomic E-state index is -0.406. The van der Waals surface area contributed by atoms with E-state index in [0.29, 0.717) is 23.4 Å². The molecule has 4 nitrogen and oxygen atoms in total. The van der Waals surface area contributed by atoms with E-state index in [4.69, 9.17) is 10.3 Å². The van der Waals surface area contributed by atoms with E-state index < -0.39 is 5.82 Å². The molecular weight excluding hydrogens is 265 g/mol. The molecule has 2 rings (SSSR count). The van der Waals surface area contributed by atoms with Gasteiger partial charge in [-0.3, -0.25) is 0 Å². The summed E-state index contributed by atoms with van der Waals surface area (Å²) in [4.78, 5) is 5.08. The normalized spacial score (nSPS) is 11.2. The summed E-state index contributed by atoms with van der Waals surface area (Å²) in [7, 11) is 0. The highest BCUT2D eigenvalue weighted by Crippen LogP contribution is 2.24. The molecule has 0 unspecified atom stereocenters. The Hall–Kier alpha value is -1.56. The maximum Gasteiger partial charge on any atom is 0.237 e. The molecule has 0 saturated heterocycles. The SMILES string of the molecule is CC(C)Cc1noc(CSc2ccc(N)c(F)c2)n1. The monoisotopic (exact) mass is 281 g/mol. The molecule has 19 heavy (non-hydrogen) atoms. The topological polar surface area (TPSA) is 64.9 Å². The zero-order chi connectivity index (χ0) is 13.8. The maximum absolute atomic E-state index is 13.3. The van der Waals surface area contributed by atoms with Crippen molar-refractivity contribution < 1.29 is 8.91 Å². The first-order chi connectivity index (χ1) is 9.04. The van der Waals surface area contributed by atoms with Crippen LogP contribution in [-0.4, -0.2) is 10.1 Å². The van der Waals surface area contributed by atoms with Crippen molar-refractivity contribution in [2.24, 2.45) is 5.92 Å². The zero-order valence-corrected chi connectivity index (χ0v) is 11.7. The molecule has 0 bridgehead atoms.